The first-order valence-corrected chi connectivity index (χ1v) is 6.76. The summed E-state index contributed by atoms with van der Waals surface area (Å²) in [6.07, 6.45) is 3.75. The first-order valence-electron chi connectivity index (χ1n) is 6.76. The minimum absolute atomic E-state index is 0.0278. The molecule has 2 unspecified atom stereocenters. The molecule has 3 atom stereocenters. The minimum Gasteiger partial charge on any atom is -0.481 e. The normalized spacial score (nSPS) is 25.8. The van der Waals surface area contributed by atoms with Gasteiger partial charge in [-0.1, -0.05) is 19.8 Å². The van der Waals surface area contributed by atoms with Gasteiger partial charge < -0.3 is 15.7 Å². The molecule has 0 aromatic heterocycles. The second-order valence-electron chi connectivity index (χ2n) is 5.19. The zero-order chi connectivity index (χ0) is 13.7. The van der Waals surface area contributed by atoms with E-state index >= 15 is 0 Å². The third-order valence-electron chi connectivity index (χ3n) is 3.69. The molecule has 5 nitrogen and oxygen atoms in total. The Morgan fingerprint density at radius 2 is 2.17 bits per heavy atom. The predicted molar refractivity (Wildman–Crippen MR) is 69.0 cm³/mol. The van der Waals surface area contributed by atoms with Crippen LogP contribution < -0.4 is 5.73 Å². The zero-order valence-electron chi connectivity index (χ0n) is 11.3. The average Bonchev–Trinajstić information content (AvgIpc) is 2.34. The first-order chi connectivity index (χ1) is 8.47. The molecule has 1 heterocycles. The largest absolute Gasteiger partial charge is 0.481 e. The quantitative estimate of drug-likeness (QED) is 0.774. The standard InChI is InChI=1S/C13H24N2O3/c1-3-4-5-11(14)12(16)15-7-6-10(13(17)18)8-9(15)2/h9-11H,3-8,14H2,1-2H3,(H,17,18)/t9?,10?,11-/m0/s1. The van der Waals surface area contributed by atoms with Crippen LogP contribution in [0.3, 0.4) is 0 Å². The molecule has 0 aromatic rings. The number of aliphatic carboxylic acids is 1. The maximum absolute atomic E-state index is 12.1. The Morgan fingerprint density at radius 1 is 1.50 bits per heavy atom. The summed E-state index contributed by atoms with van der Waals surface area (Å²) in [7, 11) is 0. The highest BCUT2D eigenvalue weighted by Gasteiger charge is 2.33. The molecule has 1 rings (SSSR count). The van der Waals surface area contributed by atoms with Gasteiger partial charge in [-0.05, 0) is 26.2 Å². The number of nitrogens with zero attached hydrogens (tertiary/aromatic N) is 1. The number of carbonyl (C=O) groups is 2. The Balaban J connectivity index is 2.52. The van der Waals surface area contributed by atoms with Gasteiger partial charge in [0.1, 0.15) is 0 Å². The van der Waals surface area contributed by atoms with Gasteiger partial charge in [0.25, 0.3) is 0 Å². The first kappa shape index (κ1) is 15.0. The summed E-state index contributed by atoms with van der Waals surface area (Å²) in [6, 6.07) is -0.464. The molecule has 0 radical (unpaired) electrons. The van der Waals surface area contributed by atoms with Crippen LogP contribution in [0.15, 0.2) is 0 Å². The number of carboxylic acids is 1. The lowest BCUT2D eigenvalue weighted by atomic mass is 9.91. The van der Waals surface area contributed by atoms with Crippen molar-refractivity contribution >= 4 is 11.9 Å². The highest BCUT2D eigenvalue weighted by atomic mass is 16.4. The number of piperidine rings is 1. The predicted octanol–water partition coefficient (Wildman–Crippen LogP) is 1.22. The van der Waals surface area contributed by atoms with Gasteiger partial charge in [-0.25, -0.2) is 0 Å². The average molecular weight is 256 g/mol. The fourth-order valence-electron chi connectivity index (χ4n) is 2.48. The van der Waals surface area contributed by atoms with Crippen LogP contribution in [0.4, 0.5) is 0 Å². The van der Waals surface area contributed by atoms with E-state index < -0.39 is 12.0 Å². The SMILES string of the molecule is CCCC[C@H](N)C(=O)N1CCC(C(=O)O)CC1C. The molecule has 1 aliphatic heterocycles. The van der Waals surface area contributed by atoms with E-state index in [1.165, 1.54) is 0 Å². The topological polar surface area (TPSA) is 83.6 Å². The van der Waals surface area contributed by atoms with Crippen LogP contribution in [0.25, 0.3) is 0 Å². The van der Waals surface area contributed by atoms with Crippen LogP contribution in [-0.2, 0) is 9.59 Å². The summed E-state index contributed by atoms with van der Waals surface area (Å²) < 4.78 is 0. The van der Waals surface area contributed by atoms with Crippen molar-refractivity contribution in [2.45, 2.75) is 58.0 Å². The molecule has 0 aromatic carbocycles. The summed E-state index contributed by atoms with van der Waals surface area (Å²) in [5.74, 6) is -1.11. The lowest BCUT2D eigenvalue weighted by molar-refractivity contribution is -0.147. The molecule has 18 heavy (non-hydrogen) atoms. The van der Waals surface area contributed by atoms with Crippen molar-refractivity contribution in [3.05, 3.63) is 0 Å². The summed E-state index contributed by atoms with van der Waals surface area (Å²) in [5.41, 5.74) is 5.88. The molecule has 1 amide bonds. The third kappa shape index (κ3) is 3.70. The maximum atomic E-state index is 12.1. The molecule has 1 saturated heterocycles. The van der Waals surface area contributed by atoms with Crippen molar-refractivity contribution in [1.29, 1.82) is 0 Å². The number of rotatable bonds is 5. The molecule has 1 aliphatic rings. The van der Waals surface area contributed by atoms with Crippen LogP contribution in [0.5, 0.6) is 0 Å². The number of hydrogen-bond donors (Lipinski definition) is 2. The van der Waals surface area contributed by atoms with Gasteiger partial charge in [-0.2, -0.15) is 0 Å². The van der Waals surface area contributed by atoms with E-state index in [0.717, 1.165) is 12.8 Å². The molecule has 0 bridgehead atoms. The van der Waals surface area contributed by atoms with Gasteiger partial charge in [-0.3, -0.25) is 9.59 Å². The fourth-order valence-corrected chi connectivity index (χ4v) is 2.48. The molecule has 5 heteroatoms. The van der Waals surface area contributed by atoms with Crippen molar-refractivity contribution in [3.8, 4) is 0 Å². The van der Waals surface area contributed by atoms with Crippen molar-refractivity contribution in [3.63, 3.8) is 0 Å². The van der Waals surface area contributed by atoms with Crippen LogP contribution in [0, 0.1) is 5.92 Å². The number of carboxylic acid groups (broad SMARTS) is 1. The number of likely N-dealkylation sites (tertiary alicyclic amines) is 1. The third-order valence-corrected chi connectivity index (χ3v) is 3.69. The number of unbranched alkanes of at least 4 members (excludes halogenated alkanes) is 1. The Labute approximate surface area is 108 Å². The summed E-state index contributed by atoms with van der Waals surface area (Å²) in [6.45, 7) is 4.48. The number of hydrogen-bond acceptors (Lipinski definition) is 3. The number of amides is 1. The van der Waals surface area contributed by atoms with E-state index in [1.54, 1.807) is 4.90 Å². The Kier molecular flexibility index (Phi) is 5.59. The van der Waals surface area contributed by atoms with Crippen molar-refractivity contribution in [2.24, 2.45) is 11.7 Å². The van der Waals surface area contributed by atoms with Crippen LogP contribution in [-0.4, -0.2) is 40.5 Å². The summed E-state index contributed by atoms with van der Waals surface area (Å²) >= 11 is 0. The second kappa shape index (κ2) is 6.73. The smallest absolute Gasteiger partial charge is 0.306 e. The van der Waals surface area contributed by atoms with Gasteiger partial charge in [0, 0.05) is 12.6 Å². The van der Waals surface area contributed by atoms with Gasteiger partial charge in [0.2, 0.25) is 5.91 Å². The molecule has 1 fully saturated rings. The van der Waals surface area contributed by atoms with Crippen molar-refractivity contribution in [1.82, 2.24) is 4.90 Å². The van der Waals surface area contributed by atoms with Crippen molar-refractivity contribution < 1.29 is 14.7 Å². The molecular weight excluding hydrogens is 232 g/mol. The zero-order valence-corrected chi connectivity index (χ0v) is 11.3. The van der Waals surface area contributed by atoms with Gasteiger partial charge >= 0.3 is 5.97 Å². The van der Waals surface area contributed by atoms with E-state index in [2.05, 4.69) is 6.92 Å². The van der Waals surface area contributed by atoms with E-state index in [0.29, 0.717) is 25.8 Å². The molecule has 0 spiro atoms. The minimum atomic E-state index is -0.760. The van der Waals surface area contributed by atoms with Gasteiger partial charge in [-0.15, -0.1) is 0 Å². The van der Waals surface area contributed by atoms with Crippen LogP contribution in [0.1, 0.15) is 46.0 Å². The van der Waals surface area contributed by atoms with Crippen LogP contribution in [0.2, 0.25) is 0 Å². The van der Waals surface area contributed by atoms with Gasteiger partial charge in [0.05, 0.1) is 12.0 Å². The molecule has 0 aliphatic carbocycles. The van der Waals surface area contributed by atoms with E-state index in [1.807, 2.05) is 6.92 Å². The molecule has 104 valence electrons. The fraction of sp³-hybridized carbons (Fsp3) is 0.846. The Bertz CT molecular complexity index is 307. The maximum Gasteiger partial charge on any atom is 0.306 e. The molecule has 3 N–H and O–H groups in total. The van der Waals surface area contributed by atoms with E-state index in [4.69, 9.17) is 10.8 Å². The number of nitrogens with two attached hydrogens (primary N) is 1. The lowest BCUT2D eigenvalue weighted by Crippen LogP contribution is -2.51. The second-order valence-corrected chi connectivity index (χ2v) is 5.19. The van der Waals surface area contributed by atoms with E-state index in [-0.39, 0.29) is 17.9 Å². The summed E-state index contributed by atoms with van der Waals surface area (Å²) in [5, 5.41) is 8.98. The highest BCUT2D eigenvalue weighted by molar-refractivity contribution is 5.82. The lowest BCUT2D eigenvalue weighted by Gasteiger charge is -2.37. The monoisotopic (exact) mass is 256 g/mol. The van der Waals surface area contributed by atoms with Crippen molar-refractivity contribution in [2.75, 3.05) is 6.54 Å². The Hall–Kier alpha value is -1.10. The molecule has 0 saturated carbocycles. The number of carbonyl (C=O) groups excluding carboxylic acids is 1. The molecular formula is C13H24N2O3. The Morgan fingerprint density at radius 3 is 2.67 bits per heavy atom. The highest BCUT2D eigenvalue weighted by Crippen LogP contribution is 2.23. The van der Waals surface area contributed by atoms with E-state index in [9.17, 15) is 9.59 Å². The van der Waals surface area contributed by atoms with Crippen LogP contribution >= 0.6 is 0 Å². The summed E-state index contributed by atoms with van der Waals surface area (Å²) in [4.78, 5) is 24.8. The van der Waals surface area contributed by atoms with Gasteiger partial charge in [0.15, 0.2) is 0 Å².